The molecule has 150 valence electrons. The first-order valence-electron chi connectivity index (χ1n) is 8.91. The molecule has 2 N–H and O–H groups in total. The summed E-state index contributed by atoms with van der Waals surface area (Å²) in [5.41, 5.74) is 1.62. The first-order valence-corrected chi connectivity index (χ1v) is 8.91. The number of furan rings is 1. The molecule has 3 rings (SSSR count). The quantitative estimate of drug-likeness (QED) is 0.369. The second kappa shape index (κ2) is 10.2. The van der Waals surface area contributed by atoms with Gasteiger partial charge in [-0.1, -0.05) is 0 Å². The fourth-order valence-corrected chi connectivity index (χ4v) is 2.97. The maximum absolute atomic E-state index is 13.4. The van der Waals surface area contributed by atoms with E-state index < -0.39 is 0 Å². The van der Waals surface area contributed by atoms with Gasteiger partial charge in [0.1, 0.15) is 17.2 Å². The molecule has 1 aliphatic heterocycles. The number of aliphatic imine (C=N–C) groups is 1. The number of hydrogen-bond donors (Lipinski definition) is 2. The summed E-state index contributed by atoms with van der Waals surface area (Å²) in [5, 5.41) is 7.32. The molecule has 1 saturated heterocycles. The predicted molar refractivity (Wildman–Crippen MR) is 114 cm³/mol. The number of nitrogens with one attached hydrogen (secondary N) is 2. The Morgan fingerprint density at radius 3 is 2.96 bits per heavy atom. The SMILES string of the molecule is CN=C(NCc1oc2ccc(F)cc2c1C)NC(C)COC1CCOC1.I. The van der Waals surface area contributed by atoms with E-state index in [0.29, 0.717) is 31.3 Å². The van der Waals surface area contributed by atoms with Crippen molar-refractivity contribution in [2.45, 2.75) is 39.0 Å². The molecule has 1 aliphatic rings. The zero-order valence-electron chi connectivity index (χ0n) is 15.9. The molecule has 6 nitrogen and oxygen atoms in total. The molecule has 2 unspecified atom stereocenters. The highest BCUT2D eigenvalue weighted by Crippen LogP contribution is 2.25. The molecule has 0 bridgehead atoms. The number of nitrogens with zero attached hydrogens (tertiary/aromatic N) is 1. The largest absolute Gasteiger partial charge is 0.459 e. The number of halogens is 2. The van der Waals surface area contributed by atoms with Gasteiger partial charge in [-0.2, -0.15) is 0 Å². The molecule has 2 heterocycles. The Hall–Kier alpha value is -1.39. The molecule has 1 fully saturated rings. The van der Waals surface area contributed by atoms with E-state index >= 15 is 0 Å². The van der Waals surface area contributed by atoms with Crippen molar-refractivity contribution < 1.29 is 18.3 Å². The molecule has 8 heteroatoms. The van der Waals surface area contributed by atoms with Crippen molar-refractivity contribution in [3.8, 4) is 0 Å². The third-order valence-corrected chi connectivity index (χ3v) is 4.49. The van der Waals surface area contributed by atoms with E-state index in [2.05, 4.69) is 15.6 Å². The molecular formula is C19H27FIN3O3. The highest BCUT2D eigenvalue weighted by atomic mass is 127. The average Bonchev–Trinajstić information content (AvgIpc) is 3.25. The molecule has 0 spiro atoms. The van der Waals surface area contributed by atoms with Gasteiger partial charge >= 0.3 is 0 Å². The summed E-state index contributed by atoms with van der Waals surface area (Å²) < 4.78 is 30.4. The third-order valence-electron chi connectivity index (χ3n) is 4.49. The van der Waals surface area contributed by atoms with Gasteiger partial charge < -0.3 is 24.5 Å². The minimum atomic E-state index is -0.264. The number of benzene rings is 1. The lowest BCUT2D eigenvalue weighted by atomic mass is 10.1. The maximum atomic E-state index is 13.4. The van der Waals surface area contributed by atoms with Crippen LogP contribution in [0.1, 0.15) is 24.7 Å². The Labute approximate surface area is 175 Å². The standard InChI is InChI=1S/C19H26FN3O3.HI/c1-12(10-25-15-6-7-24-11-15)23-19(21-3)22-9-18-13(2)16-8-14(20)4-5-17(16)26-18;/h4-5,8,12,15H,6-7,9-11H2,1-3H3,(H2,21,22,23);1H. The van der Waals surface area contributed by atoms with Crippen LogP contribution in [0.5, 0.6) is 0 Å². The van der Waals surface area contributed by atoms with Crippen molar-refractivity contribution in [3.05, 3.63) is 35.3 Å². The van der Waals surface area contributed by atoms with Crippen molar-refractivity contribution in [2.75, 3.05) is 26.9 Å². The lowest BCUT2D eigenvalue weighted by Crippen LogP contribution is -2.44. The fourth-order valence-electron chi connectivity index (χ4n) is 2.97. The summed E-state index contributed by atoms with van der Waals surface area (Å²) in [4.78, 5) is 4.23. The summed E-state index contributed by atoms with van der Waals surface area (Å²) in [6.45, 7) is 6.46. The Morgan fingerprint density at radius 2 is 2.26 bits per heavy atom. The Balaban J connectivity index is 0.00000261. The van der Waals surface area contributed by atoms with Crippen molar-refractivity contribution >= 4 is 40.9 Å². The Morgan fingerprint density at radius 1 is 1.44 bits per heavy atom. The summed E-state index contributed by atoms with van der Waals surface area (Å²) >= 11 is 0. The van der Waals surface area contributed by atoms with Gasteiger partial charge in [-0.05, 0) is 38.5 Å². The van der Waals surface area contributed by atoms with E-state index in [0.717, 1.165) is 29.7 Å². The van der Waals surface area contributed by atoms with Gasteiger partial charge in [0.2, 0.25) is 0 Å². The van der Waals surface area contributed by atoms with Crippen LogP contribution in [-0.2, 0) is 16.0 Å². The van der Waals surface area contributed by atoms with Gasteiger partial charge in [0.25, 0.3) is 0 Å². The number of hydrogen-bond acceptors (Lipinski definition) is 4. The number of rotatable bonds is 6. The van der Waals surface area contributed by atoms with E-state index in [9.17, 15) is 4.39 Å². The number of guanidine groups is 1. The predicted octanol–water partition coefficient (Wildman–Crippen LogP) is 3.36. The monoisotopic (exact) mass is 491 g/mol. The lowest BCUT2D eigenvalue weighted by molar-refractivity contribution is 0.0347. The van der Waals surface area contributed by atoms with Crippen LogP contribution in [0.2, 0.25) is 0 Å². The summed E-state index contributed by atoms with van der Waals surface area (Å²) in [6.07, 6.45) is 1.14. The number of ether oxygens (including phenoxy) is 2. The highest BCUT2D eigenvalue weighted by Gasteiger charge is 2.17. The van der Waals surface area contributed by atoms with Crippen LogP contribution in [-0.4, -0.2) is 45.0 Å². The third kappa shape index (κ3) is 5.79. The zero-order valence-corrected chi connectivity index (χ0v) is 18.2. The average molecular weight is 491 g/mol. The minimum absolute atomic E-state index is 0. The summed E-state index contributed by atoms with van der Waals surface area (Å²) in [6, 6.07) is 4.66. The molecule has 0 saturated carbocycles. The van der Waals surface area contributed by atoms with Crippen molar-refractivity contribution in [2.24, 2.45) is 4.99 Å². The van der Waals surface area contributed by atoms with E-state index in [1.807, 2.05) is 13.8 Å². The topological polar surface area (TPSA) is 68.0 Å². The minimum Gasteiger partial charge on any atom is -0.459 e. The second-order valence-corrected chi connectivity index (χ2v) is 6.58. The molecule has 2 atom stereocenters. The Kier molecular flexibility index (Phi) is 8.30. The van der Waals surface area contributed by atoms with Gasteiger partial charge in [0.05, 0.1) is 25.9 Å². The molecule has 0 aliphatic carbocycles. The van der Waals surface area contributed by atoms with Crippen LogP contribution in [0.3, 0.4) is 0 Å². The van der Waals surface area contributed by atoms with Crippen LogP contribution in [0.4, 0.5) is 4.39 Å². The molecule has 0 amide bonds. The summed E-state index contributed by atoms with van der Waals surface area (Å²) in [5.74, 6) is 1.16. The van der Waals surface area contributed by atoms with Gasteiger partial charge in [-0.3, -0.25) is 4.99 Å². The van der Waals surface area contributed by atoms with E-state index in [1.54, 1.807) is 13.1 Å². The van der Waals surface area contributed by atoms with Crippen molar-refractivity contribution in [1.82, 2.24) is 10.6 Å². The molecule has 27 heavy (non-hydrogen) atoms. The number of aryl methyl sites for hydroxylation is 1. The highest BCUT2D eigenvalue weighted by molar-refractivity contribution is 14.0. The van der Waals surface area contributed by atoms with Crippen LogP contribution in [0.15, 0.2) is 27.6 Å². The van der Waals surface area contributed by atoms with Crippen molar-refractivity contribution in [1.29, 1.82) is 0 Å². The molecule has 0 radical (unpaired) electrons. The van der Waals surface area contributed by atoms with Crippen molar-refractivity contribution in [3.63, 3.8) is 0 Å². The maximum Gasteiger partial charge on any atom is 0.191 e. The second-order valence-electron chi connectivity index (χ2n) is 6.58. The van der Waals surface area contributed by atoms with Crippen LogP contribution < -0.4 is 10.6 Å². The van der Waals surface area contributed by atoms with Gasteiger partial charge in [-0.25, -0.2) is 4.39 Å². The van der Waals surface area contributed by atoms with Gasteiger partial charge in [0, 0.05) is 30.6 Å². The molecule has 1 aromatic heterocycles. The van der Waals surface area contributed by atoms with E-state index in [4.69, 9.17) is 13.9 Å². The fraction of sp³-hybridized carbons (Fsp3) is 0.526. The summed E-state index contributed by atoms with van der Waals surface area (Å²) in [7, 11) is 1.72. The van der Waals surface area contributed by atoms with Crippen LogP contribution in [0.25, 0.3) is 11.0 Å². The van der Waals surface area contributed by atoms with Crippen LogP contribution in [0, 0.1) is 12.7 Å². The molecule has 1 aromatic carbocycles. The first-order chi connectivity index (χ1) is 12.6. The van der Waals surface area contributed by atoms with E-state index in [1.165, 1.54) is 12.1 Å². The van der Waals surface area contributed by atoms with E-state index in [-0.39, 0.29) is 41.9 Å². The van der Waals surface area contributed by atoms with Gasteiger partial charge in [-0.15, -0.1) is 24.0 Å². The normalized spacial score (nSPS) is 18.4. The lowest BCUT2D eigenvalue weighted by Gasteiger charge is -2.19. The smallest absolute Gasteiger partial charge is 0.191 e. The molecular weight excluding hydrogens is 464 g/mol. The number of fused-ring (bicyclic) bond motifs is 1. The Bertz CT molecular complexity index is 775. The van der Waals surface area contributed by atoms with Crippen LogP contribution >= 0.6 is 24.0 Å². The zero-order chi connectivity index (χ0) is 18.5. The molecule has 2 aromatic rings. The first kappa shape index (κ1) is 21.9. The van der Waals surface area contributed by atoms with Gasteiger partial charge in [0.15, 0.2) is 5.96 Å².